The summed E-state index contributed by atoms with van der Waals surface area (Å²) in [4.78, 5) is 11.1. The van der Waals surface area contributed by atoms with Crippen LogP contribution in [0.25, 0.3) is 0 Å². The van der Waals surface area contributed by atoms with Crippen molar-refractivity contribution in [2.75, 3.05) is 25.0 Å². The molecule has 3 aliphatic rings. The van der Waals surface area contributed by atoms with E-state index in [-0.39, 0.29) is 0 Å². The summed E-state index contributed by atoms with van der Waals surface area (Å²) in [6.45, 7) is 5.67. The third kappa shape index (κ3) is 1.89. The molecule has 1 aromatic rings. The van der Waals surface area contributed by atoms with Crippen LogP contribution in [0.15, 0.2) is 12.3 Å². The summed E-state index contributed by atoms with van der Waals surface area (Å²) in [5, 5.41) is 3.56. The number of anilines is 1. The summed E-state index contributed by atoms with van der Waals surface area (Å²) in [6, 6.07) is 2.54. The Balaban J connectivity index is 1.71. The summed E-state index contributed by atoms with van der Waals surface area (Å²) in [7, 11) is 0. The summed E-state index contributed by atoms with van der Waals surface area (Å²) >= 11 is 0. The molecule has 0 saturated carbocycles. The van der Waals surface area contributed by atoms with E-state index >= 15 is 0 Å². The third-order valence-electron chi connectivity index (χ3n) is 3.77. The van der Waals surface area contributed by atoms with Crippen LogP contribution in [0.2, 0.25) is 0 Å². The highest BCUT2D eigenvalue weighted by molar-refractivity contribution is 5.35. The van der Waals surface area contributed by atoms with Crippen molar-refractivity contribution in [3.8, 4) is 0 Å². The Morgan fingerprint density at radius 1 is 1.38 bits per heavy atom. The van der Waals surface area contributed by atoms with Gasteiger partial charge in [-0.3, -0.25) is 0 Å². The van der Waals surface area contributed by atoms with Crippen molar-refractivity contribution in [1.29, 1.82) is 0 Å². The van der Waals surface area contributed by atoms with Crippen molar-refractivity contribution >= 4 is 5.82 Å². The molecule has 3 saturated heterocycles. The fraction of sp³-hybridized carbons (Fsp3) is 0.667. The number of rotatable bonds is 2. The second kappa shape index (κ2) is 4.01. The molecular formula is C12H18N4. The molecule has 2 bridgehead atoms. The molecule has 1 aromatic heterocycles. The van der Waals surface area contributed by atoms with E-state index in [0.29, 0.717) is 6.04 Å². The number of nitrogens with one attached hydrogen (secondary N) is 1. The predicted octanol–water partition coefficient (Wildman–Crippen LogP) is 1.29. The molecule has 1 N–H and O–H groups in total. The predicted molar refractivity (Wildman–Crippen MR) is 63.3 cm³/mol. The lowest BCUT2D eigenvalue weighted by molar-refractivity contribution is 0.0974. The van der Waals surface area contributed by atoms with Crippen molar-refractivity contribution in [2.45, 2.75) is 25.8 Å². The van der Waals surface area contributed by atoms with Crippen LogP contribution in [0.3, 0.4) is 0 Å². The molecule has 0 radical (unpaired) electrons. The topological polar surface area (TPSA) is 41.1 Å². The van der Waals surface area contributed by atoms with Gasteiger partial charge in [-0.25, -0.2) is 9.97 Å². The average Bonchev–Trinajstić information content (AvgIpc) is 2.30. The molecule has 0 aromatic carbocycles. The molecule has 16 heavy (non-hydrogen) atoms. The van der Waals surface area contributed by atoms with Gasteiger partial charge in [0.2, 0.25) is 0 Å². The smallest absolute Gasteiger partial charge is 0.129 e. The van der Waals surface area contributed by atoms with E-state index in [0.717, 1.165) is 17.6 Å². The highest BCUT2D eigenvalue weighted by Crippen LogP contribution is 2.29. The van der Waals surface area contributed by atoms with Gasteiger partial charge in [0.25, 0.3) is 0 Å². The van der Waals surface area contributed by atoms with E-state index < -0.39 is 0 Å². The van der Waals surface area contributed by atoms with E-state index in [9.17, 15) is 0 Å². The fourth-order valence-corrected chi connectivity index (χ4v) is 2.86. The third-order valence-corrected chi connectivity index (χ3v) is 3.77. The van der Waals surface area contributed by atoms with Gasteiger partial charge in [-0.05, 0) is 44.8 Å². The molecule has 4 rings (SSSR count). The number of aryl methyl sites for hydroxylation is 1. The SMILES string of the molecule is Cc1nccc(NC2CN3CCC2CC3)n1. The van der Waals surface area contributed by atoms with Crippen LogP contribution in [0, 0.1) is 12.8 Å². The second-order valence-corrected chi connectivity index (χ2v) is 4.88. The van der Waals surface area contributed by atoms with Crippen molar-refractivity contribution in [3.63, 3.8) is 0 Å². The first kappa shape index (κ1) is 10.0. The first-order chi connectivity index (χ1) is 7.81. The summed E-state index contributed by atoms with van der Waals surface area (Å²) in [5.41, 5.74) is 0. The van der Waals surface area contributed by atoms with Gasteiger partial charge in [-0.1, -0.05) is 0 Å². The quantitative estimate of drug-likeness (QED) is 0.812. The lowest BCUT2D eigenvalue weighted by Crippen LogP contribution is -2.53. The summed E-state index contributed by atoms with van der Waals surface area (Å²) < 4.78 is 0. The Morgan fingerprint density at radius 3 is 2.81 bits per heavy atom. The van der Waals surface area contributed by atoms with E-state index in [4.69, 9.17) is 0 Å². The maximum Gasteiger partial charge on any atom is 0.129 e. The molecule has 3 aliphatic heterocycles. The lowest BCUT2D eigenvalue weighted by atomic mass is 9.84. The van der Waals surface area contributed by atoms with Gasteiger partial charge in [0, 0.05) is 18.8 Å². The van der Waals surface area contributed by atoms with Crippen molar-refractivity contribution in [2.24, 2.45) is 5.92 Å². The van der Waals surface area contributed by atoms with Crippen molar-refractivity contribution < 1.29 is 0 Å². The van der Waals surface area contributed by atoms with Gasteiger partial charge in [0.15, 0.2) is 0 Å². The van der Waals surface area contributed by atoms with Gasteiger partial charge >= 0.3 is 0 Å². The van der Waals surface area contributed by atoms with Gasteiger partial charge < -0.3 is 10.2 Å². The van der Waals surface area contributed by atoms with Crippen molar-refractivity contribution in [1.82, 2.24) is 14.9 Å². The molecule has 0 spiro atoms. The zero-order chi connectivity index (χ0) is 11.0. The van der Waals surface area contributed by atoms with Gasteiger partial charge in [-0.15, -0.1) is 0 Å². The summed E-state index contributed by atoms with van der Waals surface area (Å²) in [5.74, 6) is 2.65. The molecule has 0 amide bonds. The Hall–Kier alpha value is -1.16. The van der Waals surface area contributed by atoms with Gasteiger partial charge in [-0.2, -0.15) is 0 Å². The monoisotopic (exact) mass is 218 g/mol. The van der Waals surface area contributed by atoms with Gasteiger partial charge in [0.1, 0.15) is 11.6 Å². The van der Waals surface area contributed by atoms with Crippen LogP contribution in [0.5, 0.6) is 0 Å². The number of aromatic nitrogens is 2. The van der Waals surface area contributed by atoms with Gasteiger partial charge in [0.05, 0.1) is 0 Å². The second-order valence-electron chi connectivity index (χ2n) is 4.88. The maximum atomic E-state index is 4.41. The molecule has 86 valence electrons. The van der Waals surface area contributed by atoms with Crippen LogP contribution >= 0.6 is 0 Å². The first-order valence-corrected chi connectivity index (χ1v) is 6.10. The lowest BCUT2D eigenvalue weighted by Gasteiger charge is -2.45. The Morgan fingerprint density at radius 2 is 2.19 bits per heavy atom. The highest BCUT2D eigenvalue weighted by Gasteiger charge is 2.33. The van der Waals surface area contributed by atoms with Crippen LogP contribution in [-0.2, 0) is 0 Å². The zero-order valence-corrected chi connectivity index (χ0v) is 9.69. The Kier molecular flexibility index (Phi) is 2.52. The highest BCUT2D eigenvalue weighted by atomic mass is 15.2. The number of hydrogen-bond acceptors (Lipinski definition) is 4. The minimum atomic E-state index is 0.580. The standard InChI is InChI=1S/C12H18N4/c1-9-13-5-2-12(14-9)15-11-8-16-6-3-10(11)4-7-16/h2,5,10-11H,3-4,6-8H2,1H3,(H,13,14,15). The normalized spacial score (nSPS) is 32.7. The van der Waals surface area contributed by atoms with Crippen LogP contribution in [0.1, 0.15) is 18.7 Å². The Labute approximate surface area is 96.1 Å². The fourth-order valence-electron chi connectivity index (χ4n) is 2.86. The van der Waals surface area contributed by atoms with Crippen LogP contribution in [0.4, 0.5) is 5.82 Å². The number of nitrogens with zero attached hydrogens (tertiary/aromatic N) is 3. The van der Waals surface area contributed by atoms with E-state index in [2.05, 4.69) is 20.2 Å². The van der Waals surface area contributed by atoms with E-state index in [1.54, 1.807) is 0 Å². The molecule has 3 fully saturated rings. The van der Waals surface area contributed by atoms with Crippen LogP contribution < -0.4 is 5.32 Å². The molecule has 1 unspecified atom stereocenters. The molecule has 1 atom stereocenters. The zero-order valence-electron chi connectivity index (χ0n) is 9.69. The first-order valence-electron chi connectivity index (χ1n) is 6.10. The number of piperidine rings is 3. The van der Waals surface area contributed by atoms with E-state index in [1.807, 2.05) is 19.2 Å². The molecule has 4 heteroatoms. The maximum absolute atomic E-state index is 4.41. The summed E-state index contributed by atoms with van der Waals surface area (Å²) in [6.07, 6.45) is 4.50. The van der Waals surface area contributed by atoms with Crippen molar-refractivity contribution in [3.05, 3.63) is 18.1 Å². The number of hydrogen-bond donors (Lipinski definition) is 1. The largest absolute Gasteiger partial charge is 0.366 e. The Bertz CT molecular complexity index is 371. The van der Waals surface area contributed by atoms with E-state index in [1.165, 1.54) is 32.5 Å². The van der Waals surface area contributed by atoms with Crippen LogP contribution in [-0.4, -0.2) is 40.5 Å². The molecule has 4 heterocycles. The minimum absolute atomic E-state index is 0.580. The molecule has 0 aliphatic carbocycles. The average molecular weight is 218 g/mol. The minimum Gasteiger partial charge on any atom is -0.366 e. The molecule has 4 nitrogen and oxygen atoms in total. The molecular weight excluding hydrogens is 200 g/mol. The number of fused-ring (bicyclic) bond motifs is 3.